The fourth-order valence-electron chi connectivity index (χ4n) is 2.63. The van der Waals surface area contributed by atoms with Crippen molar-refractivity contribution in [3.63, 3.8) is 0 Å². The number of carbonyl (C=O) groups excluding carboxylic acids is 1. The second-order valence-electron chi connectivity index (χ2n) is 6.12. The Bertz CT molecular complexity index is 763. The molecule has 1 fully saturated rings. The maximum atomic E-state index is 12.2. The molecule has 1 aromatic carbocycles. The van der Waals surface area contributed by atoms with Crippen LogP contribution in [0.2, 0.25) is 10.0 Å². The van der Waals surface area contributed by atoms with E-state index in [1.165, 1.54) is 11.3 Å². The number of rotatable bonds is 7. The van der Waals surface area contributed by atoms with Crippen LogP contribution in [0.25, 0.3) is 0 Å². The van der Waals surface area contributed by atoms with Crippen LogP contribution in [0, 0.1) is 0 Å². The summed E-state index contributed by atoms with van der Waals surface area (Å²) in [6.07, 6.45) is 3.91. The molecule has 1 saturated heterocycles. The van der Waals surface area contributed by atoms with E-state index >= 15 is 0 Å². The molecule has 0 spiro atoms. The van der Waals surface area contributed by atoms with E-state index in [9.17, 15) is 4.79 Å². The fourth-order valence-corrected chi connectivity index (χ4v) is 3.86. The van der Waals surface area contributed by atoms with Gasteiger partial charge in [-0.15, -0.1) is 11.3 Å². The highest BCUT2D eigenvalue weighted by molar-refractivity contribution is 7.15. The summed E-state index contributed by atoms with van der Waals surface area (Å²) in [7, 11) is 0. The number of thiazole rings is 1. The molecule has 1 amide bonds. The Morgan fingerprint density at radius 3 is 3.12 bits per heavy atom. The van der Waals surface area contributed by atoms with Gasteiger partial charge in [0.05, 0.1) is 22.8 Å². The molecular weight excluding hydrogens is 395 g/mol. The van der Waals surface area contributed by atoms with Gasteiger partial charge < -0.3 is 9.47 Å². The van der Waals surface area contributed by atoms with Crippen LogP contribution in [0.5, 0.6) is 0 Å². The molecule has 1 aliphatic rings. The zero-order valence-corrected chi connectivity index (χ0v) is 16.7. The highest BCUT2D eigenvalue weighted by atomic mass is 35.5. The predicted molar refractivity (Wildman–Crippen MR) is 104 cm³/mol. The molecule has 0 aliphatic carbocycles. The first-order valence-electron chi connectivity index (χ1n) is 8.44. The first-order chi connectivity index (χ1) is 12.5. The number of halogens is 2. The van der Waals surface area contributed by atoms with Gasteiger partial charge in [-0.05, 0) is 31.4 Å². The minimum absolute atomic E-state index is 0.0964. The summed E-state index contributed by atoms with van der Waals surface area (Å²) < 4.78 is 11.1. The Kier molecular flexibility index (Phi) is 6.89. The van der Waals surface area contributed by atoms with Gasteiger partial charge in [-0.25, -0.2) is 4.98 Å². The van der Waals surface area contributed by atoms with Crippen LogP contribution in [0.15, 0.2) is 24.4 Å². The SMILES string of the molecule is CC(OCC1CCCO1)C(=O)Nc1ncc(Cc2cccc(Cl)c2Cl)s1. The lowest BCUT2D eigenvalue weighted by Gasteiger charge is -2.15. The van der Waals surface area contributed by atoms with E-state index in [1.54, 1.807) is 19.2 Å². The second-order valence-corrected chi connectivity index (χ2v) is 8.02. The Balaban J connectivity index is 1.52. The minimum atomic E-state index is -0.561. The Hall–Kier alpha value is -1.18. The normalized spacial score (nSPS) is 18.0. The van der Waals surface area contributed by atoms with Crippen molar-refractivity contribution in [2.75, 3.05) is 18.5 Å². The van der Waals surface area contributed by atoms with Crippen molar-refractivity contribution in [2.45, 2.75) is 38.4 Å². The van der Waals surface area contributed by atoms with Gasteiger partial charge in [0.15, 0.2) is 5.13 Å². The van der Waals surface area contributed by atoms with E-state index in [2.05, 4.69) is 10.3 Å². The van der Waals surface area contributed by atoms with Crippen molar-refractivity contribution < 1.29 is 14.3 Å². The fraction of sp³-hybridized carbons (Fsp3) is 0.444. The van der Waals surface area contributed by atoms with E-state index in [4.69, 9.17) is 32.7 Å². The summed E-state index contributed by atoms with van der Waals surface area (Å²) in [4.78, 5) is 17.5. The molecule has 2 aromatic rings. The number of anilines is 1. The Morgan fingerprint density at radius 2 is 2.35 bits per heavy atom. The molecule has 2 atom stereocenters. The van der Waals surface area contributed by atoms with Gasteiger partial charge in [0, 0.05) is 24.1 Å². The largest absolute Gasteiger partial charge is 0.376 e. The standard InChI is InChI=1S/C18H20Cl2N2O3S/c1-11(25-10-13-5-3-7-24-13)17(23)22-18-21-9-14(26-18)8-12-4-2-6-15(19)16(12)20/h2,4,6,9,11,13H,3,5,7-8,10H2,1H3,(H,21,22,23). The van der Waals surface area contributed by atoms with Crippen LogP contribution in [-0.4, -0.2) is 36.3 Å². The summed E-state index contributed by atoms with van der Waals surface area (Å²) in [6.45, 7) is 2.93. The van der Waals surface area contributed by atoms with E-state index in [1.807, 2.05) is 12.1 Å². The maximum absolute atomic E-state index is 12.2. The molecule has 0 bridgehead atoms. The Labute approximate surface area is 166 Å². The third-order valence-corrected chi connectivity index (χ3v) is 5.88. The average molecular weight is 415 g/mol. The van der Waals surface area contributed by atoms with Gasteiger partial charge in [0.25, 0.3) is 5.91 Å². The van der Waals surface area contributed by atoms with E-state index in [0.717, 1.165) is 29.9 Å². The number of amides is 1. The predicted octanol–water partition coefficient (Wildman–Crippen LogP) is 4.56. The van der Waals surface area contributed by atoms with Crippen LogP contribution in [0.1, 0.15) is 30.2 Å². The Morgan fingerprint density at radius 1 is 1.50 bits per heavy atom. The first kappa shape index (κ1) is 19.6. The lowest BCUT2D eigenvalue weighted by atomic mass is 10.1. The molecule has 140 valence electrons. The van der Waals surface area contributed by atoms with Crippen molar-refractivity contribution in [1.29, 1.82) is 0 Å². The molecule has 2 unspecified atom stereocenters. The molecule has 2 heterocycles. The van der Waals surface area contributed by atoms with E-state index in [0.29, 0.717) is 28.2 Å². The lowest BCUT2D eigenvalue weighted by molar-refractivity contribution is -0.128. The summed E-state index contributed by atoms with van der Waals surface area (Å²) in [5.74, 6) is -0.218. The molecule has 1 N–H and O–H groups in total. The number of ether oxygens (including phenoxy) is 2. The van der Waals surface area contributed by atoms with E-state index in [-0.39, 0.29) is 12.0 Å². The summed E-state index contributed by atoms with van der Waals surface area (Å²) in [5.41, 5.74) is 0.925. The number of benzene rings is 1. The zero-order valence-electron chi connectivity index (χ0n) is 14.3. The van der Waals surface area contributed by atoms with Crippen molar-refractivity contribution >= 4 is 45.6 Å². The minimum Gasteiger partial charge on any atom is -0.376 e. The number of hydrogen-bond acceptors (Lipinski definition) is 5. The molecule has 1 aliphatic heterocycles. The highest BCUT2D eigenvalue weighted by Crippen LogP contribution is 2.29. The quantitative estimate of drug-likeness (QED) is 0.720. The van der Waals surface area contributed by atoms with Gasteiger partial charge in [0.2, 0.25) is 0 Å². The highest BCUT2D eigenvalue weighted by Gasteiger charge is 2.20. The third-order valence-electron chi connectivity index (χ3n) is 4.11. The van der Waals surface area contributed by atoms with Crippen molar-refractivity contribution in [2.24, 2.45) is 0 Å². The summed E-state index contributed by atoms with van der Waals surface area (Å²) in [6, 6.07) is 5.54. The maximum Gasteiger partial charge on any atom is 0.254 e. The second kappa shape index (κ2) is 9.15. The van der Waals surface area contributed by atoms with Gasteiger partial charge in [0.1, 0.15) is 6.10 Å². The summed E-state index contributed by atoms with van der Waals surface area (Å²) in [5, 5.41) is 4.40. The molecule has 26 heavy (non-hydrogen) atoms. The van der Waals surface area contributed by atoms with Crippen LogP contribution in [0.3, 0.4) is 0 Å². The number of hydrogen-bond donors (Lipinski definition) is 1. The molecule has 3 rings (SSSR count). The van der Waals surface area contributed by atoms with Crippen molar-refractivity contribution in [3.8, 4) is 0 Å². The smallest absolute Gasteiger partial charge is 0.254 e. The lowest BCUT2D eigenvalue weighted by Crippen LogP contribution is -2.30. The van der Waals surface area contributed by atoms with Crippen molar-refractivity contribution in [3.05, 3.63) is 44.9 Å². The van der Waals surface area contributed by atoms with Gasteiger partial charge in [-0.1, -0.05) is 35.3 Å². The van der Waals surface area contributed by atoms with Gasteiger partial charge in [-0.2, -0.15) is 0 Å². The third kappa shape index (κ3) is 5.18. The first-order valence-corrected chi connectivity index (χ1v) is 10.0. The molecule has 8 heteroatoms. The molecule has 0 radical (unpaired) electrons. The number of aromatic nitrogens is 1. The van der Waals surface area contributed by atoms with Crippen LogP contribution in [0.4, 0.5) is 5.13 Å². The van der Waals surface area contributed by atoms with E-state index < -0.39 is 6.10 Å². The average Bonchev–Trinajstić information content (AvgIpc) is 3.29. The molecule has 0 saturated carbocycles. The number of carbonyl (C=O) groups is 1. The van der Waals surface area contributed by atoms with Crippen LogP contribution >= 0.6 is 34.5 Å². The topological polar surface area (TPSA) is 60.5 Å². The molecule has 1 aromatic heterocycles. The molecular formula is C18H20Cl2N2O3S. The zero-order chi connectivity index (χ0) is 18.5. The van der Waals surface area contributed by atoms with Gasteiger partial charge in [-0.3, -0.25) is 10.1 Å². The summed E-state index contributed by atoms with van der Waals surface area (Å²) >= 11 is 13.7. The van der Waals surface area contributed by atoms with Crippen LogP contribution in [-0.2, 0) is 20.7 Å². The van der Waals surface area contributed by atoms with Gasteiger partial charge >= 0.3 is 0 Å². The number of nitrogens with one attached hydrogen (secondary N) is 1. The van der Waals surface area contributed by atoms with Crippen LogP contribution < -0.4 is 5.32 Å². The monoisotopic (exact) mass is 414 g/mol. The van der Waals surface area contributed by atoms with Crippen molar-refractivity contribution in [1.82, 2.24) is 4.98 Å². The number of nitrogens with zero attached hydrogens (tertiary/aromatic N) is 1. The molecule has 5 nitrogen and oxygen atoms in total.